The third-order valence-corrected chi connectivity index (χ3v) is 2.64. The average molecular weight is 204 g/mol. The summed E-state index contributed by atoms with van der Waals surface area (Å²) in [6, 6.07) is 8.45. The van der Waals surface area contributed by atoms with E-state index in [1.54, 1.807) is 0 Å². The van der Waals surface area contributed by atoms with E-state index in [0.717, 1.165) is 12.3 Å². The van der Waals surface area contributed by atoms with E-state index in [2.05, 4.69) is 24.0 Å². The van der Waals surface area contributed by atoms with E-state index < -0.39 is 0 Å². The molecule has 1 aliphatic rings. The molecule has 1 atom stereocenters. The van der Waals surface area contributed by atoms with Crippen molar-refractivity contribution in [2.24, 2.45) is 10.7 Å². The first-order valence-electron chi connectivity index (χ1n) is 5.23. The molecule has 0 saturated carbocycles. The number of hydrogen-bond donors (Lipinski definition) is 1. The highest BCUT2D eigenvalue weighted by Crippen LogP contribution is 2.12. The smallest absolute Gasteiger partial charge is 0.188 e. The van der Waals surface area contributed by atoms with E-state index in [9.17, 15) is 0 Å². The Labute approximate surface area is 90.0 Å². The number of hydrogen-bond acceptors (Lipinski definition) is 3. The van der Waals surface area contributed by atoms with Crippen LogP contribution in [0.25, 0.3) is 0 Å². The van der Waals surface area contributed by atoms with Crippen molar-refractivity contribution in [2.45, 2.75) is 19.4 Å². The first-order valence-corrected chi connectivity index (χ1v) is 5.23. The molecule has 0 spiro atoms. The van der Waals surface area contributed by atoms with Crippen molar-refractivity contribution in [2.75, 3.05) is 13.2 Å². The first-order chi connectivity index (χ1) is 7.29. The highest BCUT2D eigenvalue weighted by Gasteiger charge is 2.17. The van der Waals surface area contributed by atoms with Gasteiger partial charge in [0.25, 0.3) is 0 Å². The number of ether oxygens (including phenoxy) is 1. The Morgan fingerprint density at radius 1 is 1.47 bits per heavy atom. The Bertz CT molecular complexity index is 374. The van der Waals surface area contributed by atoms with Crippen LogP contribution in [0.15, 0.2) is 29.3 Å². The molecule has 1 aromatic carbocycles. The Morgan fingerprint density at radius 3 is 2.93 bits per heavy atom. The molecule has 0 aromatic heterocycles. The molecular formula is C12H16N2O. The summed E-state index contributed by atoms with van der Waals surface area (Å²) in [6.45, 7) is 3.31. The molecule has 0 bridgehead atoms. The number of nitrogens with zero attached hydrogens (tertiary/aromatic N) is 1. The fourth-order valence-electron chi connectivity index (χ4n) is 1.66. The molecule has 1 heterocycles. The molecule has 0 amide bonds. The minimum absolute atomic E-state index is 0.156. The van der Waals surface area contributed by atoms with Crippen molar-refractivity contribution in [3.05, 3.63) is 35.4 Å². The lowest BCUT2D eigenvalue weighted by atomic mass is 10.1. The van der Waals surface area contributed by atoms with Gasteiger partial charge in [0, 0.05) is 13.0 Å². The summed E-state index contributed by atoms with van der Waals surface area (Å²) in [5, 5.41) is 0. The molecule has 15 heavy (non-hydrogen) atoms. The molecule has 1 aromatic rings. The van der Waals surface area contributed by atoms with Gasteiger partial charge in [0.1, 0.15) is 6.61 Å². The lowest BCUT2D eigenvalue weighted by Gasteiger charge is -2.04. The summed E-state index contributed by atoms with van der Waals surface area (Å²) >= 11 is 0. The molecule has 0 radical (unpaired) electrons. The van der Waals surface area contributed by atoms with Crippen molar-refractivity contribution >= 4 is 5.90 Å². The van der Waals surface area contributed by atoms with Crippen LogP contribution >= 0.6 is 0 Å². The molecule has 1 aliphatic heterocycles. The molecule has 0 aliphatic carbocycles. The molecule has 0 fully saturated rings. The molecule has 2 N–H and O–H groups in total. The van der Waals surface area contributed by atoms with Crippen molar-refractivity contribution in [3.8, 4) is 0 Å². The van der Waals surface area contributed by atoms with Gasteiger partial charge in [-0.3, -0.25) is 0 Å². The molecule has 0 saturated heterocycles. The van der Waals surface area contributed by atoms with Gasteiger partial charge >= 0.3 is 0 Å². The summed E-state index contributed by atoms with van der Waals surface area (Å²) in [4.78, 5) is 4.41. The van der Waals surface area contributed by atoms with Crippen molar-refractivity contribution in [3.63, 3.8) is 0 Å². The number of rotatable bonds is 3. The number of nitrogens with two attached hydrogens (primary N) is 1. The quantitative estimate of drug-likeness (QED) is 0.806. The largest absolute Gasteiger partial charge is 0.478 e. The van der Waals surface area contributed by atoms with Crippen LogP contribution in [-0.4, -0.2) is 25.1 Å². The predicted molar refractivity (Wildman–Crippen MR) is 61.1 cm³/mol. The fourth-order valence-corrected chi connectivity index (χ4v) is 1.66. The van der Waals surface area contributed by atoms with Gasteiger partial charge in [0.2, 0.25) is 0 Å². The minimum Gasteiger partial charge on any atom is -0.478 e. The van der Waals surface area contributed by atoms with Crippen LogP contribution in [0, 0.1) is 6.92 Å². The van der Waals surface area contributed by atoms with Crippen LogP contribution in [0.4, 0.5) is 0 Å². The summed E-state index contributed by atoms with van der Waals surface area (Å²) in [5.41, 5.74) is 8.08. The van der Waals surface area contributed by atoms with Crippen LogP contribution in [-0.2, 0) is 11.2 Å². The van der Waals surface area contributed by atoms with Gasteiger partial charge < -0.3 is 10.5 Å². The average Bonchev–Trinajstić information content (AvgIpc) is 2.69. The number of aliphatic imine (C=N–C) groups is 1. The van der Waals surface area contributed by atoms with Gasteiger partial charge in [-0.25, -0.2) is 4.99 Å². The molecular weight excluding hydrogens is 188 g/mol. The Morgan fingerprint density at radius 2 is 2.27 bits per heavy atom. The fraction of sp³-hybridized carbons (Fsp3) is 0.417. The highest BCUT2D eigenvalue weighted by molar-refractivity contribution is 5.80. The second-order valence-corrected chi connectivity index (χ2v) is 3.83. The normalized spacial score (nSPS) is 19.9. The van der Waals surface area contributed by atoms with Crippen LogP contribution in [0.2, 0.25) is 0 Å². The maximum absolute atomic E-state index is 5.53. The summed E-state index contributed by atoms with van der Waals surface area (Å²) < 4.78 is 5.49. The second kappa shape index (κ2) is 4.45. The number of aryl methyl sites for hydroxylation is 1. The van der Waals surface area contributed by atoms with Crippen LogP contribution in [0.1, 0.15) is 11.1 Å². The lowest BCUT2D eigenvalue weighted by molar-refractivity contribution is 0.313. The first kappa shape index (κ1) is 10.2. The highest BCUT2D eigenvalue weighted by atomic mass is 16.5. The third kappa shape index (κ3) is 2.36. The van der Waals surface area contributed by atoms with Crippen molar-refractivity contribution < 1.29 is 4.74 Å². The standard InChI is InChI=1S/C12H16N2O/c1-9-4-2-3-5-10(9)6-12-14-11(7-13)8-15-12/h2-5,11H,6-8,13H2,1H3. The SMILES string of the molecule is Cc1ccccc1CC1=NC(CN)CO1. The zero-order chi connectivity index (χ0) is 10.7. The van der Waals surface area contributed by atoms with E-state index in [1.807, 2.05) is 12.1 Å². The van der Waals surface area contributed by atoms with Crippen LogP contribution in [0.3, 0.4) is 0 Å². The zero-order valence-corrected chi connectivity index (χ0v) is 8.94. The topological polar surface area (TPSA) is 47.6 Å². The summed E-state index contributed by atoms with van der Waals surface area (Å²) in [5.74, 6) is 0.819. The van der Waals surface area contributed by atoms with E-state index >= 15 is 0 Å². The van der Waals surface area contributed by atoms with Crippen LogP contribution < -0.4 is 5.73 Å². The molecule has 1 unspecified atom stereocenters. The Kier molecular flexibility index (Phi) is 3.02. The molecule has 2 rings (SSSR count). The Balaban J connectivity index is 2.07. The van der Waals surface area contributed by atoms with Crippen molar-refractivity contribution in [1.82, 2.24) is 0 Å². The lowest BCUT2D eigenvalue weighted by Crippen LogP contribution is -2.18. The van der Waals surface area contributed by atoms with Gasteiger partial charge in [-0.2, -0.15) is 0 Å². The summed E-state index contributed by atoms with van der Waals surface area (Å²) in [7, 11) is 0. The van der Waals surface area contributed by atoms with Gasteiger partial charge in [0.15, 0.2) is 5.90 Å². The monoisotopic (exact) mass is 204 g/mol. The van der Waals surface area contributed by atoms with Crippen molar-refractivity contribution in [1.29, 1.82) is 0 Å². The van der Waals surface area contributed by atoms with Gasteiger partial charge in [-0.15, -0.1) is 0 Å². The van der Waals surface area contributed by atoms with E-state index in [1.165, 1.54) is 11.1 Å². The Hall–Kier alpha value is -1.35. The van der Waals surface area contributed by atoms with Gasteiger partial charge in [0.05, 0.1) is 6.04 Å². The maximum atomic E-state index is 5.53. The number of benzene rings is 1. The van der Waals surface area contributed by atoms with E-state index in [4.69, 9.17) is 10.5 Å². The van der Waals surface area contributed by atoms with Gasteiger partial charge in [-0.1, -0.05) is 24.3 Å². The molecule has 3 nitrogen and oxygen atoms in total. The zero-order valence-electron chi connectivity index (χ0n) is 8.94. The molecule has 3 heteroatoms. The maximum Gasteiger partial charge on any atom is 0.188 e. The molecule has 80 valence electrons. The van der Waals surface area contributed by atoms with E-state index in [-0.39, 0.29) is 6.04 Å². The minimum atomic E-state index is 0.156. The van der Waals surface area contributed by atoms with E-state index in [0.29, 0.717) is 13.2 Å². The second-order valence-electron chi connectivity index (χ2n) is 3.83. The van der Waals surface area contributed by atoms with Gasteiger partial charge in [-0.05, 0) is 18.1 Å². The predicted octanol–water partition coefficient (Wildman–Crippen LogP) is 1.29. The van der Waals surface area contributed by atoms with Crippen LogP contribution in [0.5, 0.6) is 0 Å². The third-order valence-electron chi connectivity index (χ3n) is 2.64. The summed E-state index contributed by atoms with van der Waals surface area (Å²) in [6.07, 6.45) is 0.781.